The Morgan fingerprint density at radius 3 is 2.47 bits per heavy atom. The monoisotopic (exact) mass is 203 g/mol. The van der Waals surface area contributed by atoms with Crippen molar-refractivity contribution in [1.29, 1.82) is 0 Å². The lowest BCUT2D eigenvalue weighted by molar-refractivity contribution is 0.213. The number of benzene rings is 1. The van der Waals surface area contributed by atoms with Gasteiger partial charge in [-0.1, -0.05) is 43.2 Å². The van der Waals surface area contributed by atoms with Crippen LogP contribution in [0.25, 0.3) is 5.32 Å². The van der Waals surface area contributed by atoms with Crippen molar-refractivity contribution in [3.8, 4) is 0 Å². The molecular formula is C13H19N2-. The highest BCUT2D eigenvalue weighted by atomic mass is 15.1. The van der Waals surface area contributed by atoms with Crippen LogP contribution in [-0.4, -0.2) is 31.1 Å². The van der Waals surface area contributed by atoms with E-state index >= 15 is 0 Å². The predicted octanol–water partition coefficient (Wildman–Crippen LogP) is 2.65. The van der Waals surface area contributed by atoms with E-state index in [0.717, 1.165) is 6.54 Å². The van der Waals surface area contributed by atoms with E-state index in [-0.39, 0.29) is 0 Å². The third kappa shape index (κ3) is 3.05. The first-order valence-electron chi connectivity index (χ1n) is 5.73. The van der Waals surface area contributed by atoms with Crippen LogP contribution in [0.1, 0.15) is 18.4 Å². The van der Waals surface area contributed by atoms with Gasteiger partial charge in [-0.25, -0.2) is 0 Å². The summed E-state index contributed by atoms with van der Waals surface area (Å²) in [5.74, 6) is 0. The van der Waals surface area contributed by atoms with Crippen molar-refractivity contribution >= 4 is 0 Å². The Hall–Kier alpha value is -0.860. The highest BCUT2D eigenvalue weighted by Gasteiger charge is 2.12. The molecule has 2 nitrogen and oxygen atoms in total. The van der Waals surface area contributed by atoms with Crippen LogP contribution in [-0.2, 0) is 6.54 Å². The van der Waals surface area contributed by atoms with Gasteiger partial charge in [0.1, 0.15) is 0 Å². The molecule has 1 aliphatic heterocycles. The molecule has 2 rings (SSSR count). The molecule has 82 valence electrons. The lowest BCUT2D eigenvalue weighted by atomic mass is 10.0. The Labute approximate surface area is 92.3 Å². The summed E-state index contributed by atoms with van der Waals surface area (Å²) in [5.41, 5.74) is 1.42. The maximum atomic E-state index is 4.36. The SMILES string of the molecule is C[N-]C1CCN(Cc2ccccc2)CC1. The normalized spacial score (nSPS) is 19.3. The summed E-state index contributed by atoms with van der Waals surface area (Å²) in [6.45, 7) is 3.48. The van der Waals surface area contributed by atoms with Crippen molar-refractivity contribution in [3.05, 3.63) is 41.2 Å². The fourth-order valence-electron chi connectivity index (χ4n) is 2.18. The first kappa shape index (κ1) is 10.7. The maximum Gasteiger partial charge on any atom is 0.0233 e. The molecule has 0 aliphatic carbocycles. The van der Waals surface area contributed by atoms with Crippen LogP contribution in [0.5, 0.6) is 0 Å². The highest BCUT2D eigenvalue weighted by molar-refractivity contribution is 5.14. The minimum atomic E-state index is 0.608. The molecule has 1 aromatic carbocycles. The van der Waals surface area contributed by atoms with Crippen molar-refractivity contribution in [3.63, 3.8) is 0 Å². The van der Waals surface area contributed by atoms with Crippen LogP contribution < -0.4 is 0 Å². The van der Waals surface area contributed by atoms with Crippen LogP contribution in [0, 0.1) is 0 Å². The second kappa shape index (κ2) is 5.29. The minimum Gasteiger partial charge on any atom is -0.662 e. The zero-order chi connectivity index (χ0) is 10.5. The Balaban J connectivity index is 1.82. The molecular weight excluding hydrogens is 184 g/mol. The van der Waals surface area contributed by atoms with Gasteiger partial charge in [-0.3, -0.25) is 4.90 Å². The quantitative estimate of drug-likeness (QED) is 0.738. The van der Waals surface area contributed by atoms with E-state index in [4.69, 9.17) is 0 Å². The Morgan fingerprint density at radius 1 is 1.20 bits per heavy atom. The molecule has 0 N–H and O–H groups in total. The average Bonchev–Trinajstić information content (AvgIpc) is 2.31. The lowest BCUT2D eigenvalue weighted by Gasteiger charge is -2.38. The molecule has 0 bridgehead atoms. The summed E-state index contributed by atoms with van der Waals surface area (Å²) in [5, 5.41) is 4.36. The number of nitrogens with zero attached hydrogens (tertiary/aromatic N) is 2. The van der Waals surface area contributed by atoms with Crippen molar-refractivity contribution < 1.29 is 0 Å². The van der Waals surface area contributed by atoms with Crippen molar-refractivity contribution in [1.82, 2.24) is 4.90 Å². The molecule has 1 saturated heterocycles. The fraction of sp³-hybridized carbons (Fsp3) is 0.538. The van der Waals surface area contributed by atoms with Gasteiger partial charge in [0, 0.05) is 6.54 Å². The summed E-state index contributed by atoms with van der Waals surface area (Å²) >= 11 is 0. The van der Waals surface area contributed by atoms with Gasteiger partial charge in [0.2, 0.25) is 0 Å². The van der Waals surface area contributed by atoms with Gasteiger partial charge in [0.25, 0.3) is 0 Å². The number of hydrogen-bond donors (Lipinski definition) is 0. The summed E-state index contributed by atoms with van der Waals surface area (Å²) in [6.07, 6.45) is 2.45. The van der Waals surface area contributed by atoms with Gasteiger partial charge in [0.15, 0.2) is 0 Å². The zero-order valence-corrected chi connectivity index (χ0v) is 9.39. The predicted molar refractivity (Wildman–Crippen MR) is 64.0 cm³/mol. The van der Waals surface area contributed by atoms with E-state index in [2.05, 4.69) is 40.5 Å². The van der Waals surface area contributed by atoms with Crippen molar-refractivity contribution in [2.45, 2.75) is 25.4 Å². The topological polar surface area (TPSA) is 17.3 Å². The molecule has 0 atom stereocenters. The lowest BCUT2D eigenvalue weighted by Crippen LogP contribution is -2.34. The molecule has 1 fully saturated rings. The average molecular weight is 203 g/mol. The van der Waals surface area contributed by atoms with Gasteiger partial charge < -0.3 is 5.32 Å². The molecule has 0 spiro atoms. The van der Waals surface area contributed by atoms with Gasteiger partial charge in [0.05, 0.1) is 0 Å². The summed E-state index contributed by atoms with van der Waals surface area (Å²) in [6, 6.07) is 11.3. The van der Waals surface area contributed by atoms with E-state index < -0.39 is 0 Å². The van der Waals surface area contributed by atoms with Crippen molar-refractivity contribution in [2.24, 2.45) is 0 Å². The standard InChI is InChI=1S/C13H19N2/c1-14-13-7-9-15(10-8-13)11-12-5-3-2-4-6-12/h2-6,13H,7-11H2,1H3/q-1. The largest absolute Gasteiger partial charge is 0.662 e. The van der Waals surface area contributed by atoms with Crippen molar-refractivity contribution in [2.75, 3.05) is 20.1 Å². The molecule has 0 unspecified atom stereocenters. The molecule has 2 heteroatoms. The molecule has 0 amide bonds. The van der Waals surface area contributed by atoms with E-state index in [1.807, 2.05) is 7.05 Å². The summed E-state index contributed by atoms with van der Waals surface area (Å²) < 4.78 is 0. The summed E-state index contributed by atoms with van der Waals surface area (Å²) in [7, 11) is 1.94. The third-order valence-electron chi connectivity index (χ3n) is 3.17. The minimum absolute atomic E-state index is 0.608. The number of rotatable bonds is 3. The first-order chi connectivity index (χ1) is 7.38. The van der Waals surface area contributed by atoms with Gasteiger partial charge in [-0.2, -0.15) is 7.05 Å². The molecule has 0 saturated carbocycles. The Kier molecular flexibility index (Phi) is 3.75. The summed E-state index contributed by atoms with van der Waals surface area (Å²) in [4.78, 5) is 2.52. The first-order valence-corrected chi connectivity index (χ1v) is 5.73. The zero-order valence-electron chi connectivity index (χ0n) is 9.39. The van der Waals surface area contributed by atoms with Crippen LogP contribution >= 0.6 is 0 Å². The molecule has 0 radical (unpaired) electrons. The second-order valence-corrected chi connectivity index (χ2v) is 4.25. The number of piperidine rings is 1. The smallest absolute Gasteiger partial charge is 0.0233 e. The molecule has 1 heterocycles. The fourth-order valence-corrected chi connectivity index (χ4v) is 2.18. The van der Waals surface area contributed by atoms with Gasteiger partial charge >= 0.3 is 0 Å². The highest BCUT2D eigenvalue weighted by Crippen LogP contribution is 2.17. The maximum absolute atomic E-state index is 4.36. The molecule has 15 heavy (non-hydrogen) atoms. The van der Waals surface area contributed by atoms with Crippen LogP contribution in [0.4, 0.5) is 0 Å². The van der Waals surface area contributed by atoms with E-state index in [0.29, 0.717) is 6.04 Å². The van der Waals surface area contributed by atoms with Crippen LogP contribution in [0.3, 0.4) is 0 Å². The number of likely N-dealkylation sites (tertiary alicyclic amines) is 1. The second-order valence-electron chi connectivity index (χ2n) is 4.25. The molecule has 1 aliphatic rings. The molecule has 1 aromatic rings. The van der Waals surface area contributed by atoms with Crippen LogP contribution in [0.15, 0.2) is 30.3 Å². The third-order valence-corrected chi connectivity index (χ3v) is 3.17. The molecule has 0 aromatic heterocycles. The Bertz CT molecular complexity index is 276. The van der Waals surface area contributed by atoms with Gasteiger partial charge in [-0.15, -0.1) is 6.04 Å². The van der Waals surface area contributed by atoms with E-state index in [9.17, 15) is 0 Å². The van der Waals surface area contributed by atoms with Gasteiger partial charge in [-0.05, 0) is 18.7 Å². The van der Waals surface area contributed by atoms with E-state index in [1.165, 1.54) is 31.5 Å². The Morgan fingerprint density at radius 2 is 1.87 bits per heavy atom. The number of hydrogen-bond acceptors (Lipinski definition) is 1. The van der Waals surface area contributed by atoms with E-state index in [1.54, 1.807) is 0 Å². The van der Waals surface area contributed by atoms with Crippen LogP contribution in [0.2, 0.25) is 0 Å².